The molecule has 296 valence electrons. The van der Waals surface area contributed by atoms with Gasteiger partial charge in [-0.25, -0.2) is 0 Å². The van der Waals surface area contributed by atoms with E-state index in [4.69, 9.17) is 23.7 Å². The number of amides is 2. The summed E-state index contributed by atoms with van der Waals surface area (Å²) in [5, 5.41) is 50.1. The number of methoxy groups -OCH3 is 4. The van der Waals surface area contributed by atoms with Gasteiger partial charge in [-0.2, -0.15) is 5.26 Å². The molecule has 56 heavy (non-hydrogen) atoms. The predicted molar refractivity (Wildman–Crippen MR) is 202 cm³/mol. The first-order valence-corrected chi connectivity index (χ1v) is 17.8. The standard InChI is InChI=1S/C40H45N5O11/c1-18-37(52-5)22-15-25-34-33-23(38(53-6)19(2)40(55-8)36(33)51)14-24(44(34)4)26(16-41)45(25)27(32(22)35(50)39(18)54-7)17-42-30(48)11-12-31(49)43-21-9-10-29(28(47)13-21)56-20(3)46/h9-13,24-27,34,47,50-51H,14-15,17H2,1-8H3,(H,42,48)(H,43,49)/b12-11+/t24-,25-,26-,27-,34-/m0/s1. The maximum atomic E-state index is 13.4. The van der Waals surface area contributed by atoms with Crippen LogP contribution in [-0.2, 0) is 27.2 Å². The highest BCUT2D eigenvalue weighted by Crippen LogP contribution is 2.58. The van der Waals surface area contributed by atoms with Gasteiger partial charge in [0.25, 0.3) is 0 Å². The zero-order valence-electron chi connectivity index (χ0n) is 32.3. The van der Waals surface area contributed by atoms with Gasteiger partial charge < -0.3 is 49.6 Å². The molecule has 16 nitrogen and oxygen atoms in total. The summed E-state index contributed by atoms with van der Waals surface area (Å²) < 4.78 is 28.1. The number of esters is 1. The summed E-state index contributed by atoms with van der Waals surface area (Å²) in [5.41, 5.74) is 3.86. The van der Waals surface area contributed by atoms with Gasteiger partial charge in [-0.15, -0.1) is 0 Å². The van der Waals surface area contributed by atoms with E-state index in [1.807, 2.05) is 18.9 Å². The summed E-state index contributed by atoms with van der Waals surface area (Å²) in [5.74, 6) is -1.04. The summed E-state index contributed by atoms with van der Waals surface area (Å²) in [7, 11) is 7.92. The number of aromatic hydroxyl groups is 3. The molecule has 3 aliphatic heterocycles. The zero-order valence-corrected chi connectivity index (χ0v) is 32.3. The largest absolute Gasteiger partial charge is 0.504 e. The Morgan fingerprint density at radius 1 is 0.857 bits per heavy atom. The number of fused-ring (bicyclic) bond motifs is 7. The molecule has 0 aliphatic carbocycles. The quantitative estimate of drug-likeness (QED) is 0.114. The fourth-order valence-corrected chi connectivity index (χ4v) is 8.84. The molecule has 0 saturated carbocycles. The van der Waals surface area contributed by atoms with Crippen LogP contribution in [0.25, 0.3) is 0 Å². The third-order valence-electron chi connectivity index (χ3n) is 11.0. The molecule has 2 amide bonds. The Labute approximate surface area is 323 Å². The second kappa shape index (κ2) is 15.5. The Morgan fingerprint density at radius 3 is 1.96 bits per heavy atom. The van der Waals surface area contributed by atoms with Crippen LogP contribution >= 0.6 is 0 Å². The van der Waals surface area contributed by atoms with Gasteiger partial charge >= 0.3 is 5.97 Å². The van der Waals surface area contributed by atoms with E-state index in [2.05, 4.69) is 21.6 Å². The number of phenolic OH excluding ortho intramolecular Hbond substituents is 3. The lowest BCUT2D eigenvalue weighted by Crippen LogP contribution is -2.68. The molecule has 3 heterocycles. The van der Waals surface area contributed by atoms with Crippen molar-refractivity contribution in [3.05, 3.63) is 63.7 Å². The average Bonchev–Trinajstić information content (AvgIpc) is 3.15. The van der Waals surface area contributed by atoms with Gasteiger partial charge in [-0.1, -0.05) is 0 Å². The minimum Gasteiger partial charge on any atom is -0.504 e. The van der Waals surface area contributed by atoms with Crippen LogP contribution in [0.2, 0.25) is 0 Å². The minimum absolute atomic E-state index is 0.0261. The number of nitriles is 1. The van der Waals surface area contributed by atoms with Gasteiger partial charge in [0.05, 0.1) is 46.6 Å². The number of nitrogens with zero attached hydrogens (tertiary/aromatic N) is 3. The summed E-state index contributed by atoms with van der Waals surface area (Å²) in [6.07, 6.45) is 2.69. The highest BCUT2D eigenvalue weighted by atomic mass is 16.5. The van der Waals surface area contributed by atoms with Crippen LogP contribution in [0.3, 0.4) is 0 Å². The van der Waals surface area contributed by atoms with Crippen molar-refractivity contribution >= 4 is 23.5 Å². The molecular formula is C40H45N5O11. The maximum absolute atomic E-state index is 13.4. The van der Waals surface area contributed by atoms with Crippen molar-refractivity contribution in [2.45, 2.75) is 63.8 Å². The Morgan fingerprint density at radius 2 is 1.41 bits per heavy atom. The fourth-order valence-electron chi connectivity index (χ4n) is 8.84. The van der Waals surface area contributed by atoms with Gasteiger partial charge in [0.15, 0.2) is 34.5 Å². The number of phenols is 3. The number of carbonyl (C=O) groups is 3. The SMILES string of the molecule is COc1c(C)c(OC)c2c(c1O)[C@@H]1[C@@H]3Cc4c(OC)c(C)c(OC)c(O)c4[C@H](CNC(=O)/C=C/C(=O)Nc4ccc(OC(C)=O)c(O)c4)N3[C@@H](C#N)[C@H](C2)N1C. The van der Waals surface area contributed by atoms with Crippen molar-refractivity contribution in [2.24, 2.45) is 0 Å². The van der Waals surface area contributed by atoms with Crippen LogP contribution in [0.15, 0.2) is 30.4 Å². The molecular weight excluding hydrogens is 726 g/mol. The molecule has 5 N–H and O–H groups in total. The number of hydrogen-bond acceptors (Lipinski definition) is 14. The van der Waals surface area contributed by atoms with Crippen molar-refractivity contribution < 1.29 is 53.4 Å². The molecule has 16 heteroatoms. The monoisotopic (exact) mass is 771 g/mol. The molecule has 3 aromatic carbocycles. The van der Waals surface area contributed by atoms with Crippen molar-refractivity contribution in [1.29, 1.82) is 5.26 Å². The third kappa shape index (κ3) is 6.52. The Balaban J connectivity index is 1.38. The van der Waals surface area contributed by atoms with E-state index in [0.717, 1.165) is 17.7 Å². The lowest BCUT2D eigenvalue weighted by molar-refractivity contribution is -0.132. The lowest BCUT2D eigenvalue weighted by atomic mass is 9.71. The molecule has 3 aliphatic rings. The third-order valence-corrected chi connectivity index (χ3v) is 11.0. The smallest absolute Gasteiger partial charge is 0.308 e. The van der Waals surface area contributed by atoms with E-state index in [9.17, 15) is 35.0 Å². The molecule has 5 atom stereocenters. The molecule has 0 aromatic heterocycles. The first kappa shape index (κ1) is 39.5. The van der Waals surface area contributed by atoms with Crippen LogP contribution in [0, 0.1) is 25.2 Å². The number of likely N-dealkylation sites (N-methyl/N-ethyl adjacent to an activating group) is 1. The molecule has 2 bridgehead atoms. The average molecular weight is 772 g/mol. The molecule has 0 spiro atoms. The molecule has 3 aromatic rings. The van der Waals surface area contributed by atoms with Crippen LogP contribution in [0.1, 0.15) is 52.4 Å². The molecule has 1 fully saturated rings. The fraction of sp³-hybridized carbons (Fsp3) is 0.400. The number of piperazine rings is 1. The number of carbonyl (C=O) groups excluding carboxylic acids is 3. The molecule has 0 radical (unpaired) electrons. The second-order valence-electron chi connectivity index (χ2n) is 13.9. The highest BCUT2D eigenvalue weighted by Gasteiger charge is 2.57. The van der Waals surface area contributed by atoms with Crippen molar-refractivity contribution in [1.82, 2.24) is 15.1 Å². The van der Waals surface area contributed by atoms with Gasteiger partial charge in [-0.05, 0) is 45.9 Å². The van der Waals surface area contributed by atoms with E-state index in [1.54, 1.807) is 14.0 Å². The van der Waals surface area contributed by atoms with E-state index < -0.39 is 48.0 Å². The lowest BCUT2D eigenvalue weighted by Gasteiger charge is -2.60. The maximum Gasteiger partial charge on any atom is 0.308 e. The Bertz CT molecular complexity index is 2180. The number of benzene rings is 3. The molecule has 1 saturated heterocycles. The number of rotatable bonds is 10. The predicted octanol–water partition coefficient (Wildman–Crippen LogP) is 3.46. The van der Waals surface area contributed by atoms with Gasteiger partial charge in [-0.3, -0.25) is 24.2 Å². The van der Waals surface area contributed by atoms with Crippen LogP contribution in [0.5, 0.6) is 46.0 Å². The zero-order chi connectivity index (χ0) is 40.7. The topological polar surface area (TPSA) is 212 Å². The van der Waals surface area contributed by atoms with Crippen LogP contribution < -0.4 is 34.3 Å². The van der Waals surface area contributed by atoms with E-state index in [1.165, 1.54) is 46.5 Å². The highest BCUT2D eigenvalue weighted by molar-refractivity contribution is 6.03. The van der Waals surface area contributed by atoms with Gasteiger partial charge in [0.1, 0.15) is 17.5 Å². The summed E-state index contributed by atoms with van der Waals surface area (Å²) in [4.78, 5) is 41.4. The Hall–Kier alpha value is -6.18. The van der Waals surface area contributed by atoms with E-state index in [0.29, 0.717) is 45.7 Å². The van der Waals surface area contributed by atoms with Crippen LogP contribution in [0.4, 0.5) is 5.69 Å². The normalized spacial score (nSPS) is 21.2. The number of anilines is 1. The summed E-state index contributed by atoms with van der Waals surface area (Å²) in [6.45, 7) is 4.66. The number of hydrogen-bond donors (Lipinski definition) is 5. The van der Waals surface area contributed by atoms with Gasteiger partial charge in [0, 0.05) is 82.8 Å². The summed E-state index contributed by atoms with van der Waals surface area (Å²) in [6, 6.07) is 3.49. The minimum atomic E-state index is -0.807. The van der Waals surface area contributed by atoms with Crippen molar-refractivity contribution in [3.8, 4) is 52.1 Å². The van der Waals surface area contributed by atoms with Gasteiger partial charge in [0.2, 0.25) is 11.8 Å². The van der Waals surface area contributed by atoms with E-state index in [-0.39, 0.29) is 53.2 Å². The molecule has 0 unspecified atom stereocenters. The Kier molecular flexibility index (Phi) is 10.9. The van der Waals surface area contributed by atoms with Crippen molar-refractivity contribution in [3.63, 3.8) is 0 Å². The first-order valence-electron chi connectivity index (χ1n) is 17.8. The number of ether oxygens (including phenoxy) is 5. The van der Waals surface area contributed by atoms with Crippen LogP contribution in [-0.4, -0.2) is 103 Å². The summed E-state index contributed by atoms with van der Waals surface area (Å²) >= 11 is 0. The second-order valence-corrected chi connectivity index (χ2v) is 13.9. The first-order chi connectivity index (χ1) is 26.7. The number of nitrogens with one attached hydrogen (secondary N) is 2. The van der Waals surface area contributed by atoms with Crippen molar-refractivity contribution in [2.75, 3.05) is 47.3 Å². The molecule has 6 rings (SSSR count). The van der Waals surface area contributed by atoms with E-state index >= 15 is 0 Å².